The van der Waals surface area contributed by atoms with E-state index in [9.17, 15) is 14.4 Å². The molecule has 0 fully saturated rings. The average molecular weight is 804 g/mol. The fourth-order valence-corrected chi connectivity index (χ4v) is 5.10. The number of hydrogen-bond acceptors (Lipinski definition) is 4. The number of fused-ring (bicyclic) bond motifs is 3. The lowest BCUT2D eigenvalue weighted by molar-refractivity contribution is 0.0698. The summed E-state index contributed by atoms with van der Waals surface area (Å²) in [5, 5.41) is 19.6. The number of H-pyrrole nitrogens is 3. The van der Waals surface area contributed by atoms with Crippen LogP contribution in [0.3, 0.4) is 0 Å². The highest BCUT2D eigenvalue weighted by atomic mass is 79.9. The summed E-state index contributed by atoms with van der Waals surface area (Å²) in [5.41, 5.74) is 16.8. The van der Waals surface area contributed by atoms with Crippen LogP contribution in [0.1, 0.15) is 20.7 Å². The number of nitrogens with one attached hydrogen (secondary N) is 5. The molecule has 0 spiro atoms. The van der Waals surface area contributed by atoms with E-state index in [0.29, 0.717) is 11.1 Å². The number of urea groups is 1. The largest absolute Gasteiger partial charge is 0.478 e. The number of carbonyl (C=O) groups is 3. The van der Waals surface area contributed by atoms with Gasteiger partial charge in [0.2, 0.25) is 0 Å². The quantitative estimate of drug-likeness (QED) is 0.0532. The Morgan fingerprint density at radius 1 is 0.778 bits per heavy atom. The standard InChI is InChI=1S/C10H10BrN3O.C9H5BrN4O.C9H6BrNO2.CH5N/c1-12-10(15)14-9-5-13-8-3-2-6(11)4-7(8)9;10-5-1-2-8-6(3-5)7(4-12-8)9(15)13-14-11;10-5-1-2-8-6(3-5)7(4-11-8)9(12)13;1-2/h2-5,13H,1H3,(H2,12,14,15);1-4,12H;1-4,11H,(H,12,13);2H2,1H3. The number of aromatic nitrogens is 3. The number of rotatable bonds is 3. The van der Waals surface area contributed by atoms with Gasteiger partial charge in [-0.1, -0.05) is 47.8 Å². The Labute approximate surface area is 281 Å². The zero-order valence-corrected chi connectivity index (χ0v) is 28.4. The number of benzene rings is 3. The van der Waals surface area contributed by atoms with E-state index in [-0.39, 0.29) is 6.03 Å². The second-order valence-electron chi connectivity index (χ2n) is 8.68. The number of amides is 3. The lowest BCUT2D eigenvalue weighted by Crippen LogP contribution is -2.24. The summed E-state index contributed by atoms with van der Waals surface area (Å²) in [6, 6.07) is 16.6. The Morgan fingerprint density at radius 2 is 1.22 bits per heavy atom. The second-order valence-corrected chi connectivity index (χ2v) is 11.4. The molecule has 0 bridgehead atoms. The van der Waals surface area contributed by atoms with Crippen LogP contribution in [-0.4, -0.2) is 52.1 Å². The van der Waals surface area contributed by atoms with Crippen LogP contribution in [-0.2, 0) is 0 Å². The van der Waals surface area contributed by atoms with Crippen molar-refractivity contribution in [3.63, 3.8) is 0 Å². The number of aromatic carboxylic acids is 1. The van der Waals surface area contributed by atoms with Crippen molar-refractivity contribution in [2.24, 2.45) is 10.8 Å². The van der Waals surface area contributed by atoms with E-state index < -0.39 is 11.9 Å². The summed E-state index contributed by atoms with van der Waals surface area (Å²) in [4.78, 5) is 44.7. The summed E-state index contributed by atoms with van der Waals surface area (Å²) in [5.74, 6) is -1.49. The summed E-state index contributed by atoms with van der Waals surface area (Å²) in [6.07, 6.45) is 4.81. The average Bonchev–Trinajstić information content (AvgIpc) is 3.75. The Morgan fingerprint density at radius 3 is 1.71 bits per heavy atom. The molecule has 232 valence electrons. The van der Waals surface area contributed by atoms with Gasteiger partial charge >= 0.3 is 12.0 Å². The number of nitrogens with zero attached hydrogens (tertiary/aromatic N) is 3. The molecule has 45 heavy (non-hydrogen) atoms. The number of anilines is 1. The minimum atomic E-state index is -0.913. The minimum Gasteiger partial charge on any atom is -0.478 e. The number of nitrogens with two attached hydrogens (primary N) is 1. The Kier molecular flexibility index (Phi) is 12.8. The van der Waals surface area contributed by atoms with E-state index >= 15 is 0 Å². The molecule has 3 amide bonds. The van der Waals surface area contributed by atoms with Crippen molar-refractivity contribution in [1.29, 1.82) is 0 Å². The van der Waals surface area contributed by atoms with Crippen molar-refractivity contribution >= 4 is 104 Å². The number of hydrogen-bond donors (Lipinski definition) is 7. The molecule has 3 aromatic carbocycles. The Balaban J connectivity index is 0.000000179. The number of halogens is 3. The maximum absolute atomic E-state index is 11.4. The first kappa shape index (κ1) is 34.9. The molecule has 3 aromatic heterocycles. The molecule has 3 heterocycles. The number of carbonyl (C=O) groups excluding carboxylic acids is 2. The van der Waals surface area contributed by atoms with Gasteiger partial charge in [0.15, 0.2) is 0 Å². The molecule has 0 saturated heterocycles. The van der Waals surface area contributed by atoms with Crippen LogP contribution < -0.4 is 16.4 Å². The van der Waals surface area contributed by atoms with Gasteiger partial charge in [0, 0.05) is 82.2 Å². The van der Waals surface area contributed by atoms with Gasteiger partial charge in [-0.2, -0.15) is 0 Å². The maximum atomic E-state index is 11.4. The van der Waals surface area contributed by atoms with Crippen LogP contribution >= 0.6 is 47.8 Å². The smallest absolute Gasteiger partial charge is 0.337 e. The topological polar surface area (TPSA) is 218 Å². The first-order valence-electron chi connectivity index (χ1n) is 12.8. The molecule has 13 nitrogen and oxygen atoms in total. The van der Waals surface area contributed by atoms with Gasteiger partial charge in [0.05, 0.1) is 11.3 Å². The first-order chi connectivity index (χ1) is 21.6. The van der Waals surface area contributed by atoms with Gasteiger partial charge in [0.1, 0.15) is 0 Å². The van der Waals surface area contributed by atoms with Gasteiger partial charge in [-0.3, -0.25) is 4.79 Å². The number of carboxylic acid groups (broad SMARTS) is 1. The highest BCUT2D eigenvalue weighted by Gasteiger charge is 2.11. The van der Waals surface area contributed by atoms with E-state index in [1.807, 2.05) is 42.5 Å². The van der Waals surface area contributed by atoms with Crippen LogP contribution in [0.4, 0.5) is 10.5 Å². The molecular weight excluding hydrogens is 778 g/mol. The van der Waals surface area contributed by atoms with Crippen molar-refractivity contribution < 1.29 is 19.5 Å². The SMILES string of the molecule is CN.CNC(=O)Nc1c[nH]c2ccc(Br)cc12.O=C(O)c1c[nH]c2ccc(Br)cc12.[N-]=[N+]=NC(=O)c1c[nH]c2ccc(Br)cc12. The molecule has 0 aliphatic carbocycles. The molecular formula is C29H26Br3N9O4. The minimum absolute atomic E-state index is 0.226. The summed E-state index contributed by atoms with van der Waals surface area (Å²) in [6.45, 7) is 0. The van der Waals surface area contributed by atoms with Crippen LogP contribution in [0.25, 0.3) is 43.2 Å². The zero-order valence-electron chi connectivity index (χ0n) is 23.7. The summed E-state index contributed by atoms with van der Waals surface area (Å²) < 4.78 is 2.72. The van der Waals surface area contributed by atoms with E-state index in [1.165, 1.54) is 19.4 Å². The van der Waals surface area contributed by atoms with Crippen molar-refractivity contribution in [3.05, 3.63) is 108 Å². The van der Waals surface area contributed by atoms with Gasteiger partial charge in [0.25, 0.3) is 5.91 Å². The third-order valence-electron chi connectivity index (χ3n) is 6.00. The van der Waals surface area contributed by atoms with Crippen molar-refractivity contribution in [1.82, 2.24) is 20.3 Å². The maximum Gasteiger partial charge on any atom is 0.337 e. The van der Waals surface area contributed by atoms with Gasteiger partial charge in [-0.15, -0.1) is 0 Å². The fourth-order valence-electron chi connectivity index (χ4n) is 4.02. The number of azide groups is 1. The number of aromatic amines is 3. The van der Waals surface area contributed by atoms with E-state index in [0.717, 1.165) is 51.8 Å². The molecule has 6 rings (SSSR count). The molecule has 0 unspecified atom stereocenters. The Bertz CT molecular complexity index is 2030. The molecule has 8 N–H and O–H groups in total. The zero-order chi connectivity index (χ0) is 33.1. The first-order valence-corrected chi connectivity index (χ1v) is 15.2. The van der Waals surface area contributed by atoms with Crippen LogP contribution in [0.5, 0.6) is 0 Å². The molecule has 0 radical (unpaired) electrons. The Hall–Kier alpha value is -4.60. The molecule has 0 saturated carbocycles. The summed E-state index contributed by atoms with van der Waals surface area (Å²) >= 11 is 10.00. The molecule has 0 atom stereocenters. The van der Waals surface area contributed by atoms with E-state index in [1.54, 1.807) is 25.4 Å². The third-order valence-corrected chi connectivity index (χ3v) is 7.48. The predicted octanol–water partition coefficient (Wildman–Crippen LogP) is 8.27. The predicted molar refractivity (Wildman–Crippen MR) is 187 cm³/mol. The molecule has 16 heteroatoms. The van der Waals surface area contributed by atoms with Crippen LogP contribution in [0.2, 0.25) is 0 Å². The van der Waals surface area contributed by atoms with Crippen LogP contribution in [0.15, 0.2) is 91.7 Å². The van der Waals surface area contributed by atoms with Crippen molar-refractivity contribution in [3.8, 4) is 0 Å². The van der Waals surface area contributed by atoms with Crippen LogP contribution in [0, 0.1) is 0 Å². The molecule has 0 aliphatic heterocycles. The van der Waals surface area contributed by atoms with E-state index in [4.69, 9.17) is 10.6 Å². The normalized spacial score (nSPS) is 9.91. The van der Waals surface area contributed by atoms with Crippen molar-refractivity contribution in [2.75, 3.05) is 19.4 Å². The number of carboxylic acids is 1. The lowest BCUT2D eigenvalue weighted by Gasteiger charge is -2.02. The highest BCUT2D eigenvalue weighted by Crippen LogP contribution is 2.26. The van der Waals surface area contributed by atoms with Gasteiger partial charge in [-0.05, 0) is 72.3 Å². The monoisotopic (exact) mass is 801 g/mol. The molecule has 6 aromatic rings. The lowest BCUT2D eigenvalue weighted by atomic mass is 10.2. The van der Waals surface area contributed by atoms with Crippen molar-refractivity contribution in [2.45, 2.75) is 0 Å². The van der Waals surface area contributed by atoms with Gasteiger partial charge in [-0.25, -0.2) is 9.59 Å². The highest BCUT2D eigenvalue weighted by molar-refractivity contribution is 9.11. The molecule has 0 aliphatic rings. The third kappa shape index (κ3) is 8.97. The second kappa shape index (κ2) is 16.5. The summed E-state index contributed by atoms with van der Waals surface area (Å²) in [7, 11) is 3.08. The fraction of sp³-hybridized carbons (Fsp3) is 0.0690. The van der Waals surface area contributed by atoms with E-state index in [2.05, 4.69) is 89.1 Å². The van der Waals surface area contributed by atoms with Gasteiger partial charge < -0.3 is 36.4 Å².